The summed E-state index contributed by atoms with van der Waals surface area (Å²) in [7, 11) is 0. The topological polar surface area (TPSA) is 64.3 Å². The zero-order chi connectivity index (χ0) is 14.2. The lowest BCUT2D eigenvalue weighted by Gasteiger charge is -2.28. The standard InChI is InChI=1S/C12H16ClFN2O3/c1-7-3-4-16(11(18)15-7)10-9(14)8(2)12(5-13,6-17)19-10/h3-4,8-10,17H,5-6H2,1-2H3/t8-,9+,10+,12+/m0/s1. The molecule has 7 heteroatoms. The minimum atomic E-state index is -1.44. The van der Waals surface area contributed by atoms with Gasteiger partial charge in [-0.25, -0.2) is 9.18 Å². The molecule has 1 fully saturated rings. The maximum absolute atomic E-state index is 14.3. The Bertz CT molecular complexity index is 518. The first-order chi connectivity index (χ1) is 8.95. The predicted octanol–water partition coefficient (Wildman–Crippen LogP) is 1.02. The van der Waals surface area contributed by atoms with E-state index in [1.807, 2.05) is 0 Å². The second kappa shape index (κ2) is 5.19. The lowest BCUT2D eigenvalue weighted by Crippen LogP contribution is -2.41. The van der Waals surface area contributed by atoms with Gasteiger partial charge in [-0.1, -0.05) is 6.92 Å². The van der Waals surface area contributed by atoms with Crippen molar-refractivity contribution in [2.45, 2.75) is 31.8 Å². The van der Waals surface area contributed by atoms with Crippen molar-refractivity contribution in [1.29, 1.82) is 0 Å². The zero-order valence-electron chi connectivity index (χ0n) is 10.7. The van der Waals surface area contributed by atoms with E-state index >= 15 is 0 Å². The van der Waals surface area contributed by atoms with E-state index in [0.717, 1.165) is 4.57 Å². The number of alkyl halides is 2. The fourth-order valence-electron chi connectivity index (χ4n) is 2.23. The van der Waals surface area contributed by atoms with E-state index in [4.69, 9.17) is 16.3 Å². The monoisotopic (exact) mass is 290 g/mol. The molecule has 1 aromatic heterocycles. The van der Waals surface area contributed by atoms with Crippen molar-refractivity contribution in [3.05, 3.63) is 28.4 Å². The van der Waals surface area contributed by atoms with Crippen molar-refractivity contribution in [3.8, 4) is 0 Å². The molecule has 19 heavy (non-hydrogen) atoms. The Hall–Kier alpha value is -0.980. The van der Waals surface area contributed by atoms with Crippen LogP contribution in [0.2, 0.25) is 0 Å². The lowest BCUT2D eigenvalue weighted by molar-refractivity contribution is -0.101. The van der Waals surface area contributed by atoms with Crippen LogP contribution in [0.3, 0.4) is 0 Å². The normalized spacial score (nSPS) is 34.7. The highest BCUT2D eigenvalue weighted by atomic mass is 35.5. The summed E-state index contributed by atoms with van der Waals surface area (Å²) < 4.78 is 21.0. The minimum absolute atomic E-state index is 0.0460. The molecule has 1 aliphatic heterocycles. The van der Waals surface area contributed by atoms with Gasteiger partial charge in [0.15, 0.2) is 12.4 Å². The van der Waals surface area contributed by atoms with Crippen molar-refractivity contribution in [2.75, 3.05) is 12.5 Å². The number of aromatic nitrogens is 2. The van der Waals surface area contributed by atoms with Crippen LogP contribution in [-0.4, -0.2) is 38.9 Å². The summed E-state index contributed by atoms with van der Waals surface area (Å²) in [6.45, 7) is 2.88. The van der Waals surface area contributed by atoms with Gasteiger partial charge in [-0.15, -0.1) is 11.6 Å². The van der Waals surface area contributed by atoms with Crippen LogP contribution in [0.5, 0.6) is 0 Å². The van der Waals surface area contributed by atoms with Crippen LogP contribution in [0.1, 0.15) is 18.8 Å². The number of ether oxygens (including phenoxy) is 1. The highest BCUT2D eigenvalue weighted by Crippen LogP contribution is 2.43. The van der Waals surface area contributed by atoms with E-state index in [1.54, 1.807) is 19.9 Å². The van der Waals surface area contributed by atoms with E-state index in [-0.39, 0.29) is 5.88 Å². The third-order valence-corrected chi connectivity index (χ3v) is 4.12. The average molecular weight is 291 g/mol. The molecule has 5 nitrogen and oxygen atoms in total. The number of hydrogen-bond acceptors (Lipinski definition) is 4. The minimum Gasteiger partial charge on any atom is -0.393 e. The van der Waals surface area contributed by atoms with Crippen LogP contribution in [0.4, 0.5) is 4.39 Å². The van der Waals surface area contributed by atoms with Gasteiger partial charge in [0.05, 0.1) is 12.5 Å². The van der Waals surface area contributed by atoms with Gasteiger partial charge in [0.1, 0.15) is 5.60 Å². The fraction of sp³-hybridized carbons (Fsp3) is 0.667. The van der Waals surface area contributed by atoms with Crippen molar-refractivity contribution in [2.24, 2.45) is 5.92 Å². The van der Waals surface area contributed by atoms with Crippen LogP contribution in [0.15, 0.2) is 17.1 Å². The van der Waals surface area contributed by atoms with E-state index in [9.17, 15) is 14.3 Å². The molecule has 2 heterocycles. The molecule has 1 N–H and O–H groups in total. The number of halogens is 2. The van der Waals surface area contributed by atoms with Crippen molar-refractivity contribution >= 4 is 11.6 Å². The Morgan fingerprint density at radius 1 is 1.68 bits per heavy atom. The van der Waals surface area contributed by atoms with Crippen LogP contribution in [0.25, 0.3) is 0 Å². The molecule has 4 atom stereocenters. The molecular weight excluding hydrogens is 275 g/mol. The summed E-state index contributed by atoms with van der Waals surface area (Å²) in [4.78, 5) is 15.5. The zero-order valence-corrected chi connectivity index (χ0v) is 11.5. The van der Waals surface area contributed by atoms with Gasteiger partial charge in [0, 0.05) is 17.8 Å². The first-order valence-electron chi connectivity index (χ1n) is 5.99. The molecule has 2 rings (SSSR count). The molecule has 0 spiro atoms. The van der Waals surface area contributed by atoms with Crippen LogP contribution in [-0.2, 0) is 4.74 Å². The molecule has 0 radical (unpaired) electrons. The quantitative estimate of drug-likeness (QED) is 0.845. The lowest BCUT2D eigenvalue weighted by atomic mass is 9.90. The summed E-state index contributed by atoms with van der Waals surface area (Å²) in [5.74, 6) is -0.663. The summed E-state index contributed by atoms with van der Waals surface area (Å²) in [6.07, 6.45) is -1.11. The van der Waals surface area contributed by atoms with E-state index in [0.29, 0.717) is 5.69 Å². The molecule has 0 amide bonds. The van der Waals surface area contributed by atoms with Crippen LogP contribution >= 0.6 is 11.6 Å². The highest BCUT2D eigenvalue weighted by molar-refractivity contribution is 6.18. The van der Waals surface area contributed by atoms with E-state index in [1.165, 1.54) is 6.20 Å². The number of aliphatic hydroxyl groups is 1. The Balaban J connectivity index is 2.39. The molecule has 0 aliphatic carbocycles. The number of rotatable bonds is 3. The maximum Gasteiger partial charge on any atom is 0.349 e. The summed E-state index contributed by atoms with van der Waals surface area (Å²) in [6, 6.07) is 1.60. The van der Waals surface area contributed by atoms with E-state index in [2.05, 4.69) is 4.98 Å². The van der Waals surface area contributed by atoms with Gasteiger partial charge in [-0.05, 0) is 13.0 Å². The van der Waals surface area contributed by atoms with Gasteiger partial charge < -0.3 is 9.84 Å². The third-order valence-electron chi connectivity index (χ3n) is 3.67. The molecule has 0 saturated carbocycles. The Morgan fingerprint density at radius 3 is 2.84 bits per heavy atom. The second-order valence-corrected chi connectivity index (χ2v) is 5.12. The summed E-state index contributed by atoms with van der Waals surface area (Å²) in [5, 5.41) is 9.40. The number of aliphatic hydroxyl groups excluding tert-OH is 1. The van der Waals surface area contributed by atoms with Gasteiger partial charge in [-0.2, -0.15) is 4.98 Å². The van der Waals surface area contributed by atoms with Gasteiger partial charge in [0.2, 0.25) is 0 Å². The largest absolute Gasteiger partial charge is 0.393 e. The SMILES string of the molecule is Cc1ccn([C@@H]2O[C@@](CO)(CCl)[C@@H](C)[C@H]2F)c(=O)n1. The van der Waals surface area contributed by atoms with Gasteiger partial charge >= 0.3 is 5.69 Å². The highest BCUT2D eigenvalue weighted by Gasteiger charge is 2.53. The molecule has 0 bridgehead atoms. The first-order valence-corrected chi connectivity index (χ1v) is 6.53. The van der Waals surface area contributed by atoms with Crippen LogP contribution < -0.4 is 5.69 Å². The van der Waals surface area contributed by atoms with Gasteiger partial charge in [-0.3, -0.25) is 4.57 Å². The van der Waals surface area contributed by atoms with Crippen molar-refractivity contribution in [1.82, 2.24) is 9.55 Å². The van der Waals surface area contributed by atoms with Crippen molar-refractivity contribution < 1.29 is 14.2 Å². The molecule has 0 unspecified atom stereocenters. The molecule has 1 aliphatic rings. The smallest absolute Gasteiger partial charge is 0.349 e. The Labute approximate surface area is 115 Å². The number of aryl methyl sites for hydroxylation is 1. The maximum atomic E-state index is 14.3. The molecule has 1 saturated heterocycles. The molecular formula is C12H16ClFN2O3. The molecule has 106 valence electrons. The first kappa shape index (κ1) is 14.4. The third kappa shape index (κ3) is 2.28. The van der Waals surface area contributed by atoms with Gasteiger partial charge in [0.25, 0.3) is 0 Å². The predicted molar refractivity (Wildman–Crippen MR) is 68.0 cm³/mol. The van der Waals surface area contributed by atoms with Crippen LogP contribution in [0, 0.1) is 12.8 Å². The number of nitrogens with zero attached hydrogens (tertiary/aromatic N) is 2. The molecule has 1 aromatic rings. The number of hydrogen-bond donors (Lipinski definition) is 1. The second-order valence-electron chi connectivity index (χ2n) is 4.86. The Morgan fingerprint density at radius 2 is 2.37 bits per heavy atom. The van der Waals surface area contributed by atoms with E-state index < -0.39 is 36.2 Å². The average Bonchev–Trinajstić information content (AvgIpc) is 2.64. The Kier molecular flexibility index (Phi) is 3.94. The fourth-order valence-corrected chi connectivity index (χ4v) is 2.62. The molecule has 0 aromatic carbocycles. The summed E-state index contributed by atoms with van der Waals surface area (Å²) >= 11 is 5.79. The summed E-state index contributed by atoms with van der Waals surface area (Å²) in [5.41, 5.74) is -1.20. The van der Waals surface area contributed by atoms with Crippen molar-refractivity contribution in [3.63, 3.8) is 0 Å².